The minimum Gasteiger partial charge on any atom is -0.501 e. The highest BCUT2D eigenvalue weighted by molar-refractivity contribution is 5.70. The summed E-state index contributed by atoms with van der Waals surface area (Å²) < 4.78 is 0. The molecule has 0 heterocycles. The number of nitrogens with one attached hydrogen (secondary N) is 1. The number of nitrogens with zero attached hydrogens (tertiary/aromatic N) is 2. The first-order chi connectivity index (χ1) is 6.97. The number of hydrogen-bond acceptors (Lipinski definition) is 6. The lowest BCUT2D eigenvalue weighted by molar-refractivity contribution is -0.394. The van der Waals surface area contributed by atoms with E-state index in [0.717, 1.165) is 6.07 Å². The summed E-state index contributed by atoms with van der Waals surface area (Å²) >= 11 is 0. The fourth-order valence-corrected chi connectivity index (χ4v) is 1.04. The fraction of sp³-hybridized carbons (Fsp3) is 0.143. The van der Waals surface area contributed by atoms with Crippen molar-refractivity contribution in [1.82, 2.24) is 0 Å². The third kappa shape index (κ3) is 1.93. The monoisotopic (exact) mass is 213 g/mol. The summed E-state index contributed by atoms with van der Waals surface area (Å²) in [5.41, 5.74) is -1.21. The van der Waals surface area contributed by atoms with Crippen LogP contribution in [0.3, 0.4) is 0 Å². The first kappa shape index (κ1) is 10.7. The maximum absolute atomic E-state index is 10.5. The number of phenolic OH excluding ortho intramolecular Hbond substituents is 1. The van der Waals surface area contributed by atoms with Gasteiger partial charge in [0.05, 0.1) is 21.6 Å². The van der Waals surface area contributed by atoms with Crippen molar-refractivity contribution in [3.8, 4) is 5.75 Å². The molecular formula is C7H7N3O5. The molecule has 1 aromatic rings. The molecule has 8 nitrogen and oxygen atoms in total. The molecule has 0 aliphatic rings. The molecule has 0 aromatic heterocycles. The standard InChI is InChI=1S/C7H7N3O5/c1-8-5-2-4(9(12)13)3-6(7(5)11)10(14)15/h2-3,8,11H,1H3. The van der Waals surface area contributed by atoms with Gasteiger partial charge in [-0.2, -0.15) is 0 Å². The Bertz CT molecular complexity index is 431. The molecule has 0 spiro atoms. The second-order valence-corrected chi connectivity index (χ2v) is 2.63. The van der Waals surface area contributed by atoms with Crippen molar-refractivity contribution in [3.05, 3.63) is 32.4 Å². The summed E-state index contributed by atoms with van der Waals surface area (Å²) in [6.07, 6.45) is 0. The molecule has 0 saturated carbocycles. The van der Waals surface area contributed by atoms with Crippen molar-refractivity contribution >= 4 is 17.1 Å². The zero-order chi connectivity index (χ0) is 11.6. The van der Waals surface area contributed by atoms with E-state index in [1.54, 1.807) is 0 Å². The molecule has 0 unspecified atom stereocenters. The van der Waals surface area contributed by atoms with E-state index in [0.29, 0.717) is 6.07 Å². The topological polar surface area (TPSA) is 119 Å². The predicted octanol–water partition coefficient (Wildman–Crippen LogP) is 1.25. The number of aromatic hydroxyl groups is 1. The largest absolute Gasteiger partial charge is 0.501 e. The summed E-state index contributed by atoms with van der Waals surface area (Å²) in [6, 6.07) is 1.72. The highest BCUT2D eigenvalue weighted by atomic mass is 16.6. The van der Waals surface area contributed by atoms with Crippen LogP contribution in [0.5, 0.6) is 5.75 Å². The smallest absolute Gasteiger partial charge is 0.319 e. The summed E-state index contributed by atoms with van der Waals surface area (Å²) in [6.45, 7) is 0. The Labute approximate surface area is 83.4 Å². The van der Waals surface area contributed by atoms with E-state index in [9.17, 15) is 25.3 Å². The van der Waals surface area contributed by atoms with Crippen LogP contribution in [0.15, 0.2) is 12.1 Å². The number of non-ortho nitro benzene ring substituents is 1. The molecule has 80 valence electrons. The normalized spacial score (nSPS) is 9.67. The summed E-state index contributed by atoms with van der Waals surface area (Å²) in [5, 5.41) is 32.7. The van der Waals surface area contributed by atoms with Crippen LogP contribution in [0, 0.1) is 20.2 Å². The molecule has 0 saturated heterocycles. The predicted molar refractivity (Wildman–Crippen MR) is 51.0 cm³/mol. The number of benzene rings is 1. The first-order valence-corrected chi connectivity index (χ1v) is 3.81. The van der Waals surface area contributed by atoms with Crippen molar-refractivity contribution in [1.29, 1.82) is 0 Å². The zero-order valence-corrected chi connectivity index (χ0v) is 7.63. The molecule has 0 aliphatic carbocycles. The van der Waals surface area contributed by atoms with Gasteiger partial charge in [0.2, 0.25) is 5.75 Å². The van der Waals surface area contributed by atoms with E-state index in [1.165, 1.54) is 7.05 Å². The molecule has 0 bridgehead atoms. The van der Waals surface area contributed by atoms with E-state index in [4.69, 9.17) is 0 Å². The van der Waals surface area contributed by atoms with Gasteiger partial charge in [-0.3, -0.25) is 20.2 Å². The lowest BCUT2D eigenvalue weighted by Gasteiger charge is -2.03. The highest BCUT2D eigenvalue weighted by Gasteiger charge is 2.22. The summed E-state index contributed by atoms with van der Waals surface area (Å²) in [7, 11) is 1.39. The van der Waals surface area contributed by atoms with Crippen molar-refractivity contribution in [3.63, 3.8) is 0 Å². The lowest BCUT2D eigenvalue weighted by atomic mass is 10.2. The molecule has 1 aromatic carbocycles. The Balaban J connectivity index is 3.45. The number of hydrogen-bond donors (Lipinski definition) is 2. The molecule has 0 atom stereocenters. The van der Waals surface area contributed by atoms with E-state index in [2.05, 4.69) is 5.32 Å². The van der Waals surface area contributed by atoms with Gasteiger partial charge in [0.25, 0.3) is 5.69 Å². The molecule has 0 fully saturated rings. The SMILES string of the molecule is CNc1cc([N+](=O)[O-])cc([N+](=O)[O-])c1O. The van der Waals surface area contributed by atoms with Gasteiger partial charge in [-0.1, -0.05) is 0 Å². The fourth-order valence-electron chi connectivity index (χ4n) is 1.04. The van der Waals surface area contributed by atoms with Gasteiger partial charge < -0.3 is 10.4 Å². The van der Waals surface area contributed by atoms with Crippen LogP contribution in [-0.4, -0.2) is 22.0 Å². The van der Waals surface area contributed by atoms with Crippen LogP contribution >= 0.6 is 0 Å². The van der Waals surface area contributed by atoms with Crippen LogP contribution in [0.25, 0.3) is 0 Å². The number of anilines is 1. The number of rotatable bonds is 3. The maximum Gasteiger partial charge on any atom is 0.319 e. The van der Waals surface area contributed by atoms with E-state index in [-0.39, 0.29) is 5.69 Å². The Morgan fingerprint density at radius 2 is 1.87 bits per heavy atom. The van der Waals surface area contributed by atoms with E-state index >= 15 is 0 Å². The third-order valence-corrected chi connectivity index (χ3v) is 1.75. The third-order valence-electron chi connectivity index (χ3n) is 1.75. The van der Waals surface area contributed by atoms with Gasteiger partial charge in [-0.25, -0.2) is 0 Å². The molecule has 2 N–H and O–H groups in total. The van der Waals surface area contributed by atoms with Crippen molar-refractivity contribution in [2.75, 3.05) is 12.4 Å². The van der Waals surface area contributed by atoms with Gasteiger partial charge in [-0.05, 0) is 0 Å². The quantitative estimate of drug-likeness (QED) is 0.443. The van der Waals surface area contributed by atoms with Gasteiger partial charge in [0.1, 0.15) is 0 Å². The molecule has 8 heteroatoms. The second kappa shape index (κ2) is 3.78. The Morgan fingerprint density at radius 3 is 2.27 bits per heavy atom. The van der Waals surface area contributed by atoms with Crippen LogP contribution < -0.4 is 5.32 Å². The minimum absolute atomic E-state index is 0.0594. The molecule has 0 amide bonds. The van der Waals surface area contributed by atoms with Crippen LogP contribution in [0.4, 0.5) is 17.1 Å². The van der Waals surface area contributed by atoms with E-state index < -0.39 is 27.0 Å². The molecule has 0 aliphatic heterocycles. The molecule has 0 radical (unpaired) electrons. The average Bonchev–Trinajstić information content (AvgIpc) is 2.17. The molecular weight excluding hydrogens is 206 g/mol. The van der Waals surface area contributed by atoms with Crippen molar-refractivity contribution in [2.45, 2.75) is 0 Å². The Kier molecular flexibility index (Phi) is 2.70. The van der Waals surface area contributed by atoms with Gasteiger partial charge in [0, 0.05) is 13.1 Å². The van der Waals surface area contributed by atoms with Gasteiger partial charge in [0.15, 0.2) is 0 Å². The minimum atomic E-state index is -0.886. The maximum atomic E-state index is 10.5. The summed E-state index contributed by atoms with van der Waals surface area (Å²) in [5.74, 6) is -0.617. The Morgan fingerprint density at radius 1 is 1.27 bits per heavy atom. The van der Waals surface area contributed by atoms with Crippen LogP contribution in [0.2, 0.25) is 0 Å². The average molecular weight is 213 g/mol. The van der Waals surface area contributed by atoms with E-state index in [1.807, 2.05) is 0 Å². The first-order valence-electron chi connectivity index (χ1n) is 3.81. The van der Waals surface area contributed by atoms with Crippen LogP contribution in [0.1, 0.15) is 0 Å². The molecule has 1 rings (SSSR count). The van der Waals surface area contributed by atoms with Gasteiger partial charge >= 0.3 is 5.69 Å². The highest BCUT2D eigenvalue weighted by Crippen LogP contribution is 2.37. The lowest BCUT2D eigenvalue weighted by Crippen LogP contribution is -1.97. The van der Waals surface area contributed by atoms with Crippen LogP contribution in [-0.2, 0) is 0 Å². The van der Waals surface area contributed by atoms with Crippen molar-refractivity contribution in [2.24, 2.45) is 0 Å². The summed E-state index contributed by atoms with van der Waals surface area (Å²) in [4.78, 5) is 19.2. The number of phenols is 1. The molecule has 15 heavy (non-hydrogen) atoms. The zero-order valence-electron chi connectivity index (χ0n) is 7.63. The van der Waals surface area contributed by atoms with Gasteiger partial charge in [-0.15, -0.1) is 0 Å². The van der Waals surface area contributed by atoms with Crippen molar-refractivity contribution < 1.29 is 15.0 Å². The number of nitro benzene ring substituents is 2. The Hall–Kier alpha value is -2.38. The second-order valence-electron chi connectivity index (χ2n) is 2.63. The number of nitro groups is 2.